The number of rotatable bonds is 6. The molecule has 1 aliphatic carbocycles. The minimum absolute atomic E-state index is 0.0653. The summed E-state index contributed by atoms with van der Waals surface area (Å²) in [4.78, 5) is 26.6. The predicted molar refractivity (Wildman–Crippen MR) is 148 cm³/mol. The number of amides is 1. The second-order valence-corrected chi connectivity index (χ2v) is 11.8. The highest BCUT2D eigenvalue weighted by Crippen LogP contribution is 2.36. The van der Waals surface area contributed by atoms with E-state index in [0.29, 0.717) is 20.4 Å². The molecule has 1 amide bonds. The van der Waals surface area contributed by atoms with Gasteiger partial charge in [0.2, 0.25) is 0 Å². The average molecular weight is 632 g/mol. The first kappa shape index (κ1) is 27.0. The Morgan fingerprint density at radius 2 is 1.79 bits per heavy atom. The lowest BCUT2D eigenvalue weighted by molar-refractivity contribution is -0.113. The third-order valence-electron chi connectivity index (χ3n) is 6.20. The van der Waals surface area contributed by atoms with Gasteiger partial charge in [0.05, 0.1) is 11.4 Å². The summed E-state index contributed by atoms with van der Waals surface area (Å²) in [5.74, 6) is -2.78. The molecule has 4 aromatic rings. The summed E-state index contributed by atoms with van der Waals surface area (Å²) in [5, 5.41) is 0.673. The maximum Gasteiger partial charge on any atom is 0.282 e. The topological polar surface area (TPSA) is 85.2 Å². The zero-order valence-electron chi connectivity index (χ0n) is 19.9. The molecule has 0 spiro atoms. The van der Waals surface area contributed by atoms with E-state index in [4.69, 9.17) is 11.6 Å². The third kappa shape index (κ3) is 5.32. The number of aromatic nitrogens is 1. The van der Waals surface area contributed by atoms with Crippen molar-refractivity contribution in [1.82, 2.24) is 9.29 Å². The lowest BCUT2D eigenvalue weighted by Crippen LogP contribution is -2.33. The van der Waals surface area contributed by atoms with Crippen molar-refractivity contribution < 1.29 is 26.8 Å². The highest BCUT2D eigenvalue weighted by molar-refractivity contribution is 9.10. The Hall–Kier alpha value is -3.60. The van der Waals surface area contributed by atoms with Crippen molar-refractivity contribution in [3.05, 3.63) is 117 Å². The van der Waals surface area contributed by atoms with Crippen molar-refractivity contribution in [3.63, 3.8) is 0 Å². The molecule has 1 heterocycles. The fourth-order valence-electron chi connectivity index (χ4n) is 4.44. The number of halogens is 4. The van der Waals surface area contributed by atoms with Crippen LogP contribution in [0.3, 0.4) is 0 Å². The normalized spacial score (nSPS) is 13.5. The fraction of sp³-hybridized carbons (Fsp3) is 0.0714. The number of hydrogen-bond acceptors (Lipinski definition) is 4. The van der Waals surface area contributed by atoms with Crippen LogP contribution >= 0.6 is 27.5 Å². The number of nitrogens with one attached hydrogen (secondary N) is 1. The maximum atomic E-state index is 14.7. The number of carbonyl (C=O) groups excluding carboxylic acids is 2. The molecule has 0 radical (unpaired) electrons. The highest BCUT2D eigenvalue weighted by Gasteiger charge is 2.31. The van der Waals surface area contributed by atoms with E-state index in [1.807, 2.05) is 0 Å². The Balaban J connectivity index is 1.76. The monoisotopic (exact) mass is 630 g/mol. The number of carbonyl (C=O) groups is 2. The number of fused-ring (bicyclic) bond motifs is 1. The second-order valence-electron chi connectivity index (χ2n) is 8.73. The number of hydrogen-bond donors (Lipinski definition) is 1. The predicted octanol–water partition coefficient (Wildman–Crippen LogP) is 6.41. The van der Waals surface area contributed by atoms with Crippen LogP contribution < -0.4 is 4.72 Å². The molecule has 0 bridgehead atoms. The van der Waals surface area contributed by atoms with E-state index >= 15 is 0 Å². The Morgan fingerprint density at radius 3 is 2.51 bits per heavy atom. The van der Waals surface area contributed by atoms with Crippen molar-refractivity contribution in [2.75, 3.05) is 0 Å². The van der Waals surface area contributed by atoms with Crippen LogP contribution in [0.4, 0.5) is 8.78 Å². The largest absolute Gasteiger partial charge is 0.331 e. The molecule has 1 aliphatic rings. The van der Waals surface area contributed by atoms with Crippen molar-refractivity contribution in [2.45, 2.75) is 17.9 Å². The molecule has 0 saturated carbocycles. The number of benzene rings is 3. The first-order valence-electron chi connectivity index (χ1n) is 11.5. The number of allylic oxidation sites excluding steroid dienone is 4. The first-order valence-corrected chi connectivity index (χ1v) is 14.2. The number of Topliss-reactive ketones (excluding diaryl/α,β-unsaturated/α-hetero) is 1. The fourth-order valence-corrected chi connectivity index (χ4v) is 5.83. The standard InChI is InChI=1S/C28H18BrClF2N2O4S/c29-17-5-9-20(10-6-17)39(37,38)33-28(36)27-26(21-3-1-2-4-25(21)35)22-14-18(30)7-12-24(22)34(27)15-16-13-19(31)8-11-23(16)32/h1-3,5-14H,4,15H2,(H,33,36). The van der Waals surface area contributed by atoms with Gasteiger partial charge in [0.15, 0.2) is 5.78 Å². The molecule has 3 aromatic carbocycles. The Kier molecular flexibility index (Phi) is 7.28. The summed E-state index contributed by atoms with van der Waals surface area (Å²) in [5.41, 5.74) is 0.373. The van der Waals surface area contributed by atoms with Crippen LogP contribution in [0, 0.1) is 11.6 Å². The summed E-state index contributed by atoms with van der Waals surface area (Å²) in [6.45, 7) is -0.333. The molecule has 0 saturated heterocycles. The van der Waals surface area contributed by atoms with Crippen molar-refractivity contribution in [1.29, 1.82) is 0 Å². The van der Waals surface area contributed by atoms with Crippen LogP contribution in [0.15, 0.2) is 88.3 Å². The zero-order valence-corrected chi connectivity index (χ0v) is 23.1. The van der Waals surface area contributed by atoms with E-state index in [0.717, 1.165) is 18.2 Å². The molecule has 0 atom stereocenters. The van der Waals surface area contributed by atoms with Gasteiger partial charge in [-0.2, -0.15) is 0 Å². The Bertz CT molecular complexity index is 1830. The van der Waals surface area contributed by atoms with E-state index in [-0.39, 0.29) is 46.0 Å². The summed E-state index contributed by atoms with van der Waals surface area (Å²) in [6.07, 6.45) is 4.89. The van der Waals surface area contributed by atoms with Gasteiger partial charge < -0.3 is 4.57 Å². The molecule has 198 valence electrons. The van der Waals surface area contributed by atoms with Crippen LogP contribution in [0.2, 0.25) is 5.02 Å². The van der Waals surface area contributed by atoms with Crippen molar-refractivity contribution in [2.24, 2.45) is 0 Å². The summed E-state index contributed by atoms with van der Waals surface area (Å²) in [6, 6.07) is 13.2. The van der Waals surface area contributed by atoms with Gasteiger partial charge in [0.1, 0.15) is 17.3 Å². The maximum absolute atomic E-state index is 14.7. The Morgan fingerprint density at radius 1 is 1.05 bits per heavy atom. The van der Waals surface area contributed by atoms with Crippen LogP contribution in [0.1, 0.15) is 28.0 Å². The summed E-state index contributed by atoms with van der Waals surface area (Å²) in [7, 11) is -4.35. The van der Waals surface area contributed by atoms with E-state index in [9.17, 15) is 26.8 Å². The molecule has 1 aromatic heterocycles. The molecular weight excluding hydrogens is 614 g/mol. The summed E-state index contributed by atoms with van der Waals surface area (Å²) >= 11 is 9.51. The van der Waals surface area contributed by atoms with Crippen molar-refractivity contribution >= 4 is 65.7 Å². The molecule has 11 heteroatoms. The van der Waals surface area contributed by atoms with Crippen molar-refractivity contribution in [3.8, 4) is 0 Å². The molecule has 0 aliphatic heterocycles. The minimum Gasteiger partial charge on any atom is -0.331 e. The molecule has 5 rings (SSSR count). The smallest absolute Gasteiger partial charge is 0.282 e. The van der Waals surface area contributed by atoms with Gasteiger partial charge in [0.25, 0.3) is 15.9 Å². The van der Waals surface area contributed by atoms with Crippen LogP contribution in [-0.4, -0.2) is 24.7 Å². The van der Waals surface area contributed by atoms with E-state index in [1.165, 1.54) is 41.0 Å². The lowest BCUT2D eigenvalue weighted by atomic mass is 9.93. The third-order valence-corrected chi connectivity index (χ3v) is 8.31. The van der Waals surface area contributed by atoms with E-state index in [2.05, 4.69) is 20.7 Å². The van der Waals surface area contributed by atoms with Crippen LogP contribution in [0.5, 0.6) is 0 Å². The molecule has 39 heavy (non-hydrogen) atoms. The molecule has 6 nitrogen and oxygen atoms in total. The Labute approximate surface area is 235 Å². The van der Waals surface area contributed by atoms with Crippen LogP contribution in [0.25, 0.3) is 16.5 Å². The minimum atomic E-state index is -4.35. The molecule has 0 unspecified atom stereocenters. The van der Waals surface area contributed by atoms with Gasteiger partial charge in [-0.15, -0.1) is 0 Å². The zero-order chi connectivity index (χ0) is 27.9. The second kappa shape index (κ2) is 10.5. The quantitative estimate of drug-likeness (QED) is 0.266. The van der Waals surface area contributed by atoms with E-state index in [1.54, 1.807) is 24.3 Å². The van der Waals surface area contributed by atoms with Gasteiger partial charge in [-0.25, -0.2) is 21.9 Å². The van der Waals surface area contributed by atoms with Gasteiger partial charge in [-0.05, 0) is 60.7 Å². The van der Waals surface area contributed by atoms with E-state index < -0.39 is 27.6 Å². The number of sulfonamides is 1. The number of nitrogens with zero attached hydrogens (tertiary/aromatic N) is 1. The van der Waals surface area contributed by atoms with Crippen LogP contribution in [-0.2, 0) is 21.4 Å². The molecule has 1 N–H and O–H groups in total. The first-order chi connectivity index (χ1) is 18.5. The summed E-state index contributed by atoms with van der Waals surface area (Å²) < 4.78 is 59.1. The molecular formula is C28H18BrClF2N2O4S. The van der Waals surface area contributed by atoms with Gasteiger partial charge >= 0.3 is 0 Å². The average Bonchev–Trinajstić information content (AvgIpc) is 3.19. The number of ketones is 1. The molecule has 0 fully saturated rings. The highest BCUT2D eigenvalue weighted by atomic mass is 79.9. The van der Waals surface area contributed by atoms with Gasteiger partial charge in [-0.3, -0.25) is 9.59 Å². The SMILES string of the molecule is O=C1CC=CC=C1c1c(C(=O)NS(=O)(=O)c2ccc(Br)cc2)n(Cc2cc(F)ccc2F)c2ccc(Cl)cc12. The van der Waals surface area contributed by atoms with Gasteiger partial charge in [0, 0.05) is 43.5 Å². The lowest BCUT2D eigenvalue weighted by Gasteiger charge is -2.15. The van der Waals surface area contributed by atoms with Gasteiger partial charge in [-0.1, -0.05) is 45.8 Å².